The molecule has 0 spiro atoms. The van der Waals surface area contributed by atoms with Gasteiger partial charge in [-0.25, -0.2) is 0 Å². The number of pyridine rings is 1. The maximum Gasteiger partial charge on any atom is 0.0636 e. The van der Waals surface area contributed by atoms with Crippen molar-refractivity contribution in [3.8, 4) is 0 Å². The Balaban J connectivity index is 2.25. The van der Waals surface area contributed by atoms with Gasteiger partial charge in [-0.3, -0.25) is 4.98 Å². The molecule has 1 aromatic heterocycles. The maximum atomic E-state index is 4.49. The first-order valence-electron chi connectivity index (χ1n) is 4.98. The predicted octanol–water partition coefficient (Wildman–Crippen LogP) is 2.76. The minimum atomic E-state index is 0.0262. The molecule has 2 unspecified atom stereocenters. The van der Waals surface area contributed by atoms with Crippen molar-refractivity contribution in [1.82, 2.24) is 4.98 Å². The van der Waals surface area contributed by atoms with Crippen molar-refractivity contribution >= 4 is 13.4 Å². The highest BCUT2D eigenvalue weighted by atomic mass is 31.1. The third-order valence-corrected chi connectivity index (χ3v) is 6.08. The molecule has 0 aliphatic carbocycles. The fourth-order valence-corrected chi connectivity index (χ4v) is 5.24. The van der Waals surface area contributed by atoms with E-state index in [0.29, 0.717) is 0 Å². The van der Waals surface area contributed by atoms with Gasteiger partial charge in [0.15, 0.2) is 0 Å². The quantitative estimate of drug-likeness (QED) is 0.625. The van der Waals surface area contributed by atoms with Crippen LogP contribution in [-0.4, -0.2) is 16.3 Å². The highest BCUT2D eigenvalue weighted by molar-refractivity contribution is 7.67. The molecular weight excluding hydrogens is 177 g/mol. The van der Waals surface area contributed by atoms with Gasteiger partial charge in [-0.1, -0.05) is 19.9 Å². The summed E-state index contributed by atoms with van der Waals surface area (Å²) in [7, 11) is 0.0262. The lowest BCUT2D eigenvalue weighted by molar-refractivity contribution is 0.777. The summed E-state index contributed by atoms with van der Waals surface area (Å²) >= 11 is 0. The zero-order valence-corrected chi connectivity index (χ0v) is 9.17. The highest BCUT2D eigenvalue weighted by Crippen LogP contribution is 2.53. The van der Waals surface area contributed by atoms with Crippen molar-refractivity contribution in [2.45, 2.75) is 38.0 Å². The SMILES string of the molecule is CC1CCC(C)P1c1ccccn1. The molecule has 0 saturated carbocycles. The second-order valence-electron chi connectivity index (χ2n) is 3.87. The van der Waals surface area contributed by atoms with Gasteiger partial charge in [-0.05, 0) is 44.2 Å². The van der Waals surface area contributed by atoms with Gasteiger partial charge in [0.2, 0.25) is 0 Å². The molecule has 2 rings (SSSR count). The van der Waals surface area contributed by atoms with Crippen LogP contribution < -0.4 is 5.44 Å². The molecule has 2 heteroatoms. The first kappa shape index (κ1) is 9.15. The van der Waals surface area contributed by atoms with E-state index >= 15 is 0 Å². The average molecular weight is 193 g/mol. The summed E-state index contributed by atoms with van der Waals surface area (Å²) in [4.78, 5) is 4.49. The molecular formula is C11H16NP. The zero-order valence-electron chi connectivity index (χ0n) is 8.27. The van der Waals surface area contributed by atoms with Crippen LogP contribution in [0.15, 0.2) is 24.4 Å². The summed E-state index contributed by atoms with van der Waals surface area (Å²) in [5, 5.41) is 0. The van der Waals surface area contributed by atoms with Crippen molar-refractivity contribution in [2.75, 3.05) is 0 Å². The molecule has 1 fully saturated rings. The van der Waals surface area contributed by atoms with Crippen LogP contribution >= 0.6 is 7.92 Å². The molecule has 0 radical (unpaired) electrons. The van der Waals surface area contributed by atoms with Crippen molar-refractivity contribution < 1.29 is 0 Å². The Morgan fingerprint density at radius 1 is 1.23 bits per heavy atom. The van der Waals surface area contributed by atoms with E-state index in [2.05, 4.69) is 31.0 Å². The van der Waals surface area contributed by atoms with Crippen LogP contribution in [0, 0.1) is 0 Å². The Kier molecular flexibility index (Phi) is 2.64. The fraction of sp³-hybridized carbons (Fsp3) is 0.545. The molecule has 0 N–H and O–H groups in total. The van der Waals surface area contributed by atoms with Gasteiger partial charge in [0.05, 0.1) is 5.44 Å². The maximum absolute atomic E-state index is 4.49. The Morgan fingerprint density at radius 2 is 1.92 bits per heavy atom. The number of rotatable bonds is 1. The summed E-state index contributed by atoms with van der Waals surface area (Å²) in [6, 6.07) is 6.32. The average Bonchev–Trinajstić information content (AvgIpc) is 2.48. The first-order chi connectivity index (χ1) is 6.29. The number of nitrogens with zero attached hydrogens (tertiary/aromatic N) is 1. The second kappa shape index (κ2) is 3.75. The molecule has 1 aliphatic heterocycles. The van der Waals surface area contributed by atoms with Gasteiger partial charge in [0.25, 0.3) is 0 Å². The normalized spacial score (nSPS) is 33.5. The van der Waals surface area contributed by atoms with Crippen molar-refractivity contribution in [1.29, 1.82) is 0 Å². The number of hydrogen-bond donors (Lipinski definition) is 0. The Morgan fingerprint density at radius 3 is 2.46 bits per heavy atom. The van der Waals surface area contributed by atoms with E-state index in [0.717, 1.165) is 11.3 Å². The lowest BCUT2D eigenvalue weighted by Gasteiger charge is -2.19. The van der Waals surface area contributed by atoms with E-state index in [1.54, 1.807) is 0 Å². The molecule has 2 heterocycles. The van der Waals surface area contributed by atoms with Crippen LogP contribution in [-0.2, 0) is 0 Å². The van der Waals surface area contributed by atoms with Crippen LogP contribution in [0.2, 0.25) is 0 Å². The minimum Gasteiger partial charge on any atom is -0.257 e. The Bertz CT molecular complexity index is 263. The largest absolute Gasteiger partial charge is 0.257 e. The fourth-order valence-electron chi connectivity index (χ4n) is 2.15. The molecule has 1 saturated heterocycles. The van der Waals surface area contributed by atoms with E-state index in [4.69, 9.17) is 0 Å². The molecule has 13 heavy (non-hydrogen) atoms. The van der Waals surface area contributed by atoms with Gasteiger partial charge in [-0.2, -0.15) is 0 Å². The number of aromatic nitrogens is 1. The van der Waals surface area contributed by atoms with E-state index in [-0.39, 0.29) is 7.92 Å². The van der Waals surface area contributed by atoms with Crippen LogP contribution in [0.4, 0.5) is 0 Å². The summed E-state index contributed by atoms with van der Waals surface area (Å²) in [6.07, 6.45) is 4.71. The zero-order chi connectivity index (χ0) is 9.26. The lowest BCUT2D eigenvalue weighted by Crippen LogP contribution is -2.13. The summed E-state index contributed by atoms with van der Waals surface area (Å²) in [5.41, 5.74) is 3.11. The van der Waals surface area contributed by atoms with Gasteiger partial charge in [-0.15, -0.1) is 0 Å². The lowest BCUT2D eigenvalue weighted by atomic mass is 10.2. The molecule has 2 atom stereocenters. The minimum absolute atomic E-state index is 0.0262. The van der Waals surface area contributed by atoms with Crippen LogP contribution in [0.5, 0.6) is 0 Å². The van der Waals surface area contributed by atoms with E-state index in [9.17, 15) is 0 Å². The molecule has 0 amide bonds. The van der Waals surface area contributed by atoms with Gasteiger partial charge < -0.3 is 0 Å². The van der Waals surface area contributed by atoms with Crippen LogP contribution in [0.1, 0.15) is 26.7 Å². The third kappa shape index (κ3) is 1.76. The number of hydrogen-bond acceptors (Lipinski definition) is 1. The van der Waals surface area contributed by atoms with Gasteiger partial charge in [0.1, 0.15) is 0 Å². The Hall–Kier alpha value is -0.420. The molecule has 0 bridgehead atoms. The van der Waals surface area contributed by atoms with Crippen molar-refractivity contribution in [3.63, 3.8) is 0 Å². The van der Waals surface area contributed by atoms with Crippen LogP contribution in [0.3, 0.4) is 0 Å². The topological polar surface area (TPSA) is 12.9 Å². The first-order valence-corrected chi connectivity index (χ1v) is 6.46. The predicted molar refractivity (Wildman–Crippen MR) is 58.9 cm³/mol. The molecule has 1 aliphatic rings. The molecule has 1 nitrogen and oxygen atoms in total. The van der Waals surface area contributed by atoms with Gasteiger partial charge in [0, 0.05) is 6.20 Å². The summed E-state index contributed by atoms with van der Waals surface area (Å²) in [5.74, 6) is 0. The van der Waals surface area contributed by atoms with Crippen molar-refractivity contribution in [3.05, 3.63) is 24.4 Å². The Labute approximate surface area is 81.3 Å². The molecule has 70 valence electrons. The summed E-state index contributed by atoms with van der Waals surface area (Å²) < 4.78 is 0. The van der Waals surface area contributed by atoms with Gasteiger partial charge >= 0.3 is 0 Å². The van der Waals surface area contributed by atoms with Crippen molar-refractivity contribution in [2.24, 2.45) is 0 Å². The second-order valence-corrected chi connectivity index (χ2v) is 6.91. The highest BCUT2D eigenvalue weighted by Gasteiger charge is 2.31. The third-order valence-electron chi connectivity index (χ3n) is 2.87. The van der Waals surface area contributed by atoms with E-state index in [1.165, 1.54) is 18.3 Å². The van der Waals surface area contributed by atoms with E-state index in [1.807, 2.05) is 12.3 Å². The smallest absolute Gasteiger partial charge is 0.0636 e. The molecule has 1 aromatic rings. The monoisotopic (exact) mass is 193 g/mol. The standard InChI is InChI=1S/C11H16NP/c1-9-6-7-10(2)13(9)11-5-3-4-8-12-11/h3-5,8-10H,6-7H2,1-2H3. The summed E-state index contributed by atoms with van der Waals surface area (Å²) in [6.45, 7) is 4.76. The van der Waals surface area contributed by atoms with E-state index < -0.39 is 0 Å². The molecule has 0 aromatic carbocycles. The van der Waals surface area contributed by atoms with Crippen LogP contribution in [0.25, 0.3) is 0 Å².